The Balaban J connectivity index is 3.82. The lowest BCUT2D eigenvalue weighted by Crippen LogP contribution is -2.26. The molecule has 0 bridgehead atoms. The fraction of sp³-hybridized carbons (Fsp3) is 0.750. The lowest BCUT2D eigenvalue weighted by Gasteiger charge is -2.24. The standard InChI is InChI=1S/C12H22O2/c1-6-10(2)8-7-9-12(4,5)14-11(3)13/h6H,7-9H2,1-5H3. The van der Waals surface area contributed by atoms with Gasteiger partial charge < -0.3 is 4.74 Å². The van der Waals surface area contributed by atoms with Gasteiger partial charge in [-0.15, -0.1) is 0 Å². The molecule has 0 atom stereocenters. The molecule has 0 aromatic heterocycles. The summed E-state index contributed by atoms with van der Waals surface area (Å²) in [6.45, 7) is 9.54. The van der Waals surface area contributed by atoms with Crippen LogP contribution in [-0.4, -0.2) is 11.6 Å². The Labute approximate surface area is 87.3 Å². The van der Waals surface area contributed by atoms with E-state index in [-0.39, 0.29) is 11.6 Å². The smallest absolute Gasteiger partial charge is 0.303 e. The van der Waals surface area contributed by atoms with Gasteiger partial charge in [-0.25, -0.2) is 0 Å². The van der Waals surface area contributed by atoms with Gasteiger partial charge in [0.25, 0.3) is 0 Å². The van der Waals surface area contributed by atoms with E-state index in [1.807, 2.05) is 20.8 Å². The maximum Gasteiger partial charge on any atom is 0.303 e. The quantitative estimate of drug-likeness (QED) is 0.499. The van der Waals surface area contributed by atoms with Gasteiger partial charge in [0.2, 0.25) is 0 Å². The number of esters is 1. The van der Waals surface area contributed by atoms with Crippen LogP contribution in [0.25, 0.3) is 0 Å². The van der Waals surface area contributed by atoms with Crippen molar-refractivity contribution in [1.82, 2.24) is 0 Å². The molecule has 0 radical (unpaired) electrons. The topological polar surface area (TPSA) is 26.3 Å². The minimum Gasteiger partial charge on any atom is -0.460 e. The molecule has 0 amide bonds. The summed E-state index contributed by atoms with van der Waals surface area (Å²) >= 11 is 0. The van der Waals surface area contributed by atoms with Crippen molar-refractivity contribution in [3.8, 4) is 0 Å². The second-order valence-corrected chi connectivity index (χ2v) is 4.34. The molecule has 0 aliphatic carbocycles. The molecule has 0 N–H and O–H groups in total. The molecule has 0 heterocycles. The van der Waals surface area contributed by atoms with Gasteiger partial charge in [0.05, 0.1) is 0 Å². The van der Waals surface area contributed by atoms with Crippen molar-refractivity contribution in [3.63, 3.8) is 0 Å². The first-order valence-corrected chi connectivity index (χ1v) is 5.19. The second kappa shape index (κ2) is 5.84. The van der Waals surface area contributed by atoms with Crippen molar-refractivity contribution in [2.24, 2.45) is 0 Å². The van der Waals surface area contributed by atoms with Crippen LogP contribution in [0.15, 0.2) is 11.6 Å². The van der Waals surface area contributed by atoms with E-state index in [0.717, 1.165) is 19.3 Å². The zero-order valence-corrected chi connectivity index (χ0v) is 10.0. The van der Waals surface area contributed by atoms with Crippen molar-refractivity contribution in [2.75, 3.05) is 0 Å². The number of allylic oxidation sites excluding steroid dienone is 2. The third-order valence-electron chi connectivity index (χ3n) is 2.26. The normalized spacial score (nSPS) is 12.8. The third-order valence-corrected chi connectivity index (χ3v) is 2.26. The molecule has 2 heteroatoms. The van der Waals surface area contributed by atoms with E-state index < -0.39 is 0 Å². The molecule has 0 saturated heterocycles. The molecule has 82 valence electrons. The first-order valence-electron chi connectivity index (χ1n) is 5.19. The summed E-state index contributed by atoms with van der Waals surface area (Å²) in [6.07, 6.45) is 5.19. The molecule has 0 aromatic rings. The van der Waals surface area contributed by atoms with Crippen LogP contribution in [0.4, 0.5) is 0 Å². The van der Waals surface area contributed by atoms with E-state index >= 15 is 0 Å². The van der Waals surface area contributed by atoms with Gasteiger partial charge in [-0.2, -0.15) is 0 Å². The van der Waals surface area contributed by atoms with Crippen LogP contribution in [0.1, 0.15) is 53.9 Å². The van der Waals surface area contributed by atoms with Crippen LogP contribution in [-0.2, 0) is 9.53 Å². The van der Waals surface area contributed by atoms with Crippen LogP contribution in [0.2, 0.25) is 0 Å². The molecular weight excluding hydrogens is 176 g/mol. The molecule has 0 aliphatic rings. The van der Waals surface area contributed by atoms with E-state index in [0.29, 0.717) is 0 Å². The van der Waals surface area contributed by atoms with Gasteiger partial charge in [0, 0.05) is 6.92 Å². The fourth-order valence-corrected chi connectivity index (χ4v) is 1.38. The number of carbonyl (C=O) groups excluding carboxylic acids is 1. The average molecular weight is 198 g/mol. The van der Waals surface area contributed by atoms with Gasteiger partial charge in [-0.05, 0) is 47.0 Å². The first kappa shape index (κ1) is 13.2. The second-order valence-electron chi connectivity index (χ2n) is 4.34. The van der Waals surface area contributed by atoms with Crippen molar-refractivity contribution in [1.29, 1.82) is 0 Å². The molecule has 0 aliphatic heterocycles. The lowest BCUT2D eigenvalue weighted by atomic mass is 9.99. The largest absolute Gasteiger partial charge is 0.460 e. The van der Waals surface area contributed by atoms with E-state index in [4.69, 9.17) is 4.74 Å². The molecule has 0 fully saturated rings. The molecule has 0 saturated carbocycles. The predicted octanol–water partition coefficient (Wildman–Crippen LogP) is 3.46. The Morgan fingerprint density at radius 2 is 1.93 bits per heavy atom. The summed E-state index contributed by atoms with van der Waals surface area (Å²) in [7, 11) is 0. The zero-order valence-electron chi connectivity index (χ0n) is 10.0. The summed E-state index contributed by atoms with van der Waals surface area (Å²) in [6, 6.07) is 0. The Kier molecular flexibility index (Phi) is 5.51. The molecule has 0 spiro atoms. The predicted molar refractivity (Wildman–Crippen MR) is 59.1 cm³/mol. The molecule has 0 aromatic carbocycles. The summed E-state index contributed by atoms with van der Waals surface area (Å²) < 4.78 is 5.19. The Bertz CT molecular complexity index is 214. The van der Waals surface area contributed by atoms with Gasteiger partial charge in [-0.1, -0.05) is 11.6 Å². The number of hydrogen-bond donors (Lipinski definition) is 0. The molecular formula is C12H22O2. The average Bonchev–Trinajstić information content (AvgIpc) is 2.01. The van der Waals surface area contributed by atoms with E-state index in [1.54, 1.807) is 0 Å². The molecule has 2 nitrogen and oxygen atoms in total. The first-order chi connectivity index (χ1) is 6.37. The molecule has 0 rings (SSSR count). The Morgan fingerprint density at radius 3 is 2.36 bits per heavy atom. The van der Waals surface area contributed by atoms with E-state index in [2.05, 4.69) is 13.0 Å². The van der Waals surface area contributed by atoms with Crippen LogP contribution in [0, 0.1) is 0 Å². The minimum absolute atomic E-state index is 0.197. The highest BCUT2D eigenvalue weighted by atomic mass is 16.6. The molecule has 0 unspecified atom stereocenters. The highest BCUT2D eigenvalue weighted by Crippen LogP contribution is 2.19. The number of carbonyl (C=O) groups is 1. The number of ether oxygens (including phenoxy) is 1. The van der Waals surface area contributed by atoms with Gasteiger partial charge in [0.1, 0.15) is 5.60 Å². The maximum absolute atomic E-state index is 10.8. The van der Waals surface area contributed by atoms with Crippen LogP contribution in [0.3, 0.4) is 0 Å². The SMILES string of the molecule is CC=C(C)CCCC(C)(C)OC(C)=O. The van der Waals surface area contributed by atoms with Crippen molar-refractivity contribution < 1.29 is 9.53 Å². The van der Waals surface area contributed by atoms with Crippen molar-refractivity contribution in [3.05, 3.63) is 11.6 Å². The molecule has 14 heavy (non-hydrogen) atoms. The fourth-order valence-electron chi connectivity index (χ4n) is 1.38. The Hall–Kier alpha value is -0.790. The van der Waals surface area contributed by atoms with Crippen LogP contribution in [0.5, 0.6) is 0 Å². The minimum atomic E-state index is -0.320. The summed E-state index contributed by atoms with van der Waals surface area (Å²) in [4.78, 5) is 10.8. The highest BCUT2D eigenvalue weighted by molar-refractivity contribution is 5.66. The summed E-state index contributed by atoms with van der Waals surface area (Å²) in [5, 5.41) is 0. The maximum atomic E-state index is 10.8. The van der Waals surface area contributed by atoms with E-state index in [1.165, 1.54) is 12.5 Å². The lowest BCUT2D eigenvalue weighted by molar-refractivity contribution is -0.154. The highest BCUT2D eigenvalue weighted by Gasteiger charge is 2.20. The summed E-state index contributed by atoms with van der Waals surface area (Å²) in [5.74, 6) is -0.197. The van der Waals surface area contributed by atoms with E-state index in [9.17, 15) is 4.79 Å². The van der Waals surface area contributed by atoms with Crippen LogP contribution >= 0.6 is 0 Å². The van der Waals surface area contributed by atoms with Gasteiger partial charge >= 0.3 is 5.97 Å². The monoisotopic (exact) mass is 198 g/mol. The van der Waals surface area contributed by atoms with Crippen molar-refractivity contribution in [2.45, 2.75) is 59.5 Å². The number of hydrogen-bond acceptors (Lipinski definition) is 2. The number of rotatable bonds is 5. The third kappa shape index (κ3) is 6.70. The van der Waals surface area contributed by atoms with Gasteiger partial charge in [-0.3, -0.25) is 4.79 Å². The zero-order chi connectivity index (χ0) is 11.2. The van der Waals surface area contributed by atoms with Gasteiger partial charge in [0.15, 0.2) is 0 Å². The van der Waals surface area contributed by atoms with Crippen molar-refractivity contribution >= 4 is 5.97 Å². The summed E-state index contributed by atoms with van der Waals surface area (Å²) in [5.41, 5.74) is 1.07. The van der Waals surface area contributed by atoms with Crippen LogP contribution < -0.4 is 0 Å². The Morgan fingerprint density at radius 1 is 1.36 bits per heavy atom.